The highest BCUT2D eigenvalue weighted by atomic mass is 19.1. The van der Waals surface area contributed by atoms with E-state index in [2.05, 4.69) is 20.3 Å². The van der Waals surface area contributed by atoms with Crippen LogP contribution in [0.5, 0.6) is 0 Å². The molecule has 1 amide bonds. The topological polar surface area (TPSA) is 96.7 Å². The van der Waals surface area contributed by atoms with Gasteiger partial charge in [0.1, 0.15) is 17.3 Å². The van der Waals surface area contributed by atoms with Crippen LogP contribution in [0.4, 0.5) is 10.2 Å². The van der Waals surface area contributed by atoms with Crippen LogP contribution in [-0.4, -0.2) is 20.9 Å². The highest BCUT2D eigenvalue weighted by Crippen LogP contribution is 2.33. The first-order valence-corrected chi connectivity index (χ1v) is 8.34. The molecule has 4 rings (SSSR count). The molecule has 134 valence electrons. The Morgan fingerprint density at radius 1 is 1.15 bits per heavy atom. The number of hydrogen-bond donors (Lipinski definition) is 3. The third kappa shape index (κ3) is 3.22. The molecule has 0 unspecified atom stereocenters. The fourth-order valence-electron chi connectivity index (χ4n) is 3.03. The van der Waals surface area contributed by atoms with Gasteiger partial charge >= 0.3 is 0 Å². The first kappa shape index (κ1) is 16.7. The number of pyridine rings is 2. The number of amides is 1. The lowest BCUT2D eigenvalue weighted by molar-refractivity contribution is 0.0997. The number of H-pyrrole nitrogens is 1. The third-order valence-corrected chi connectivity index (χ3v) is 4.26. The van der Waals surface area contributed by atoms with Crippen LogP contribution in [0, 0.1) is 5.82 Å². The molecule has 0 atom stereocenters. The number of fused-ring (bicyclic) bond motifs is 1. The van der Waals surface area contributed by atoms with Crippen molar-refractivity contribution in [1.82, 2.24) is 15.0 Å². The van der Waals surface area contributed by atoms with Crippen molar-refractivity contribution in [1.29, 1.82) is 0 Å². The van der Waals surface area contributed by atoms with Crippen LogP contribution in [0.15, 0.2) is 60.9 Å². The average molecular weight is 361 g/mol. The SMILES string of the molecule is NC(=O)c1c(F)cccc1-c1cc(NCc2ccccn2)nc2[nH]ccc12. The quantitative estimate of drug-likeness (QED) is 0.507. The monoisotopic (exact) mass is 361 g/mol. The molecule has 1 aromatic carbocycles. The number of primary amides is 1. The van der Waals surface area contributed by atoms with Crippen molar-refractivity contribution in [3.63, 3.8) is 0 Å². The number of aromatic amines is 1. The van der Waals surface area contributed by atoms with Gasteiger partial charge in [0.2, 0.25) is 0 Å². The summed E-state index contributed by atoms with van der Waals surface area (Å²) in [6, 6.07) is 13.7. The number of aromatic nitrogens is 3. The van der Waals surface area contributed by atoms with Crippen molar-refractivity contribution in [2.45, 2.75) is 6.54 Å². The summed E-state index contributed by atoms with van der Waals surface area (Å²) in [6.45, 7) is 0.478. The van der Waals surface area contributed by atoms with E-state index in [0.717, 1.165) is 11.1 Å². The summed E-state index contributed by atoms with van der Waals surface area (Å²) >= 11 is 0. The Kier molecular flexibility index (Phi) is 4.25. The molecule has 0 radical (unpaired) electrons. The number of nitrogens with zero attached hydrogens (tertiary/aromatic N) is 2. The molecule has 3 aromatic heterocycles. The highest BCUT2D eigenvalue weighted by molar-refractivity contribution is 6.05. The summed E-state index contributed by atoms with van der Waals surface area (Å²) in [5.41, 5.74) is 7.85. The maximum atomic E-state index is 14.2. The van der Waals surface area contributed by atoms with Crippen molar-refractivity contribution < 1.29 is 9.18 Å². The summed E-state index contributed by atoms with van der Waals surface area (Å²) < 4.78 is 14.2. The van der Waals surface area contributed by atoms with E-state index in [1.807, 2.05) is 24.3 Å². The second-order valence-corrected chi connectivity index (χ2v) is 6.00. The molecule has 4 N–H and O–H groups in total. The van der Waals surface area contributed by atoms with Gasteiger partial charge in [0.15, 0.2) is 0 Å². The number of nitrogens with two attached hydrogens (primary N) is 1. The van der Waals surface area contributed by atoms with Crippen LogP contribution in [0.3, 0.4) is 0 Å². The van der Waals surface area contributed by atoms with Gasteiger partial charge < -0.3 is 16.0 Å². The van der Waals surface area contributed by atoms with Crippen LogP contribution >= 0.6 is 0 Å². The molecule has 0 aliphatic rings. The molecule has 0 fully saturated rings. The van der Waals surface area contributed by atoms with Gasteiger partial charge in [0.05, 0.1) is 17.8 Å². The molecular weight excluding hydrogens is 345 g/mol. The molecule has 0 aliphatic carbocycles. The van der Waals surface area contributed by atoms with Crippen molar-refractivity contribution >= 4 is 22.8 Å². The predicted octanol–water partition coefficient (Wildman–Crippen LogP) is 3.48. The Hall–Kier alpha value is -3.74. The largest absolute Gasteiger partial charge is 0.365 e. The average Bonchev–Trinajstić information content (AvgIpc) is 3.14. The van der Waals surface area contributed by atoms with Gasteiger partial charge in [-0.3, -0.25) is 9.78 Å². The maximum Gasteiger partial charge on any atom is 0.252 e. The zero-order valence-corrected chi connectivity index (χ0v) is 14.2. The van der Waals surface area contributed by atoms with Gasteiger partial charge in [-0.25, -0.2) is 9.37 Å². The van der Waals surface area contributed by atoms with Crippen LogP contribution in [0.25, 0.3) is 22.2 Å². The number of benzene rings is 1. The minimum absolute atomic E-state index is 0.137. The van der Waals surface area contributed by atoms with E-state index in [0.29, 0.717) is 29.1 Å². The van der Waals surface area contributed by atoms with E-state index in [1.54, 1.807) is 30.6 Å². The lowest BCUT2D eigenvalue weighted by Crippen LogP contribution is -2.14. The molecule has 3 heterocycles. The lowest BCUT2D eigenvalue weighted by atomic mass is 9.97. The zero-order chi connectivity index (χ0) is 18.8. The Bertz CT molecular complexity index is 1120. The predicted molar refractivity (Wildman–Crippen MR) is 102 cm³/mol. The van der Waals surface area contributed by atoms with E-state index in [-0.39, 0.29) is 5.56 Å². The normalized spacial score (nSPS) is 10.9. The minimum Gasteiger partial charge on any atom is -0.365 e. The number of anilines is 1. The smallest absolute Gasteiger partial charge is 0.252 e. The summed E-state index contributed by atoms with van der Waals surface area (Å²) in [6.07, 6.45) is 3.46. The molecule has 0 bridgehead atoms. The number of rotatable bonds is 5. The Balaban J connectivity index is 1.80. The van der Waals surface area contributed by atoms with Gasteiger partial charge in [-0.05, 0) is 41.5 Å². The third-order valence-electron chi connectivity index (χ3n) is 4.26. The second kappa shape index (κ2) is 6.87. The van der Waals surface area contributed by atoms with E-state index < -0.39 is 11.7 Å². The van der Waals surface area contributed by atoms with Crippen molar-refractivity contribution in [3.05, 3.63) is 78.0 Å². The van der Waals surface area contributed by atoms with Crippen molar-refractivity contribution in [2.24, 2.45) is 5.73 Å². The van der Waals surface area contributed by atoms with E-state index in [9.17, 15) is 9.18 Å². The molecular formula is C20H16FN5O. The first-order valence-electron chi connectivity index (χ1n) is 8.34. The highest BCUT2D eigenvalue weighted by Gasteiger charge is 2.18. The van der Waals surface area contributed by atoms with Crippen LogP contribution in [0.1, 0.15) is 16.1 Å². The van der Waals surface area contributed by atoms with Gasteiger partial charge in [-0.15, -0.1) is 0 Å². The summed E-state index contributed by atoms with van der Waals surface area (Å²) in [5.74, 6) is -0.889. The molecule has 0 saturated carbocycles. The van der Waals surface area contributed by atoms with Crippen molar-refractivity contribution in [3.8, 4) is 11.1 Å². The number of carbonyl (C=O) groups is 1. The van der Waals surface area contributed by atoms with Crippen LogP contribution in [-0.2, 0) is 6.54 Å². The molecule has 0 spiro atoms. The summed E-state index contributed by atoms with van der Waals surface area (Å²) in [5, 5.41) is 3.98. The van der Waals surface area contributed by atoms with Crippen molar-refractivity contribution in [2.75, 3.05) is 5.32 Å². The maximum absolute atomic E-state index is 14.2. The molecule has 6 nitrogen and oxygen atoms in total. The number of carbonyl (C=O) groups excluding carboxylic acids is 1. The first-order chi connectivity index (χ1) is 13.1. The summed E-state index contributed by atoms with van der Waals surface area (Å²) in [7, 11) is 0. The van der Waals surface area contributed by atoms with Gasteiger partial charge in [0, 0.05) is 17.8 Å². The number of nitrogens with one attached hydrogen (secondary N) is 2. The number of hydrogen-bond acceptors (Lipinski definition) is 4. The Labute approximate surface area is 154 Å². The lowest BCUT2D eigenvalue weighted by Gasteiger charge is -2.12. The molecule has 0 aliphatic heterocycles. The molecule has 0 saturated heterocycles. The van der Waals surface area contributed by atoms with Gasteiger partial charge in [0.25, 0.3) is 5.91 Å². The van der Waals surface area contributed by atoms with E-state index >= 15 is 0 Å². The summed E-state index contributed by atoms with van der Waals surface area (Å²) in [4.78, 5) is 23.7. The van der Waals surface area contributed by atoms with E-state index in [1.165, 1.54) is 6.07 Å². The Morgan fingerprint density at radius 2 is 2.04 bits per heavy atom. The number of halogens is 1. The van der Waals surface area contributed by atoms with E-state index in [4.69, 9.17) is 5.73 Å². The fraction of sp³-hybridized carbons (Fsp3) is 0.0500. The van der Waals surface area contributed by atoms with Crippen LogP contribution in [0.2, 0.25) is 0 Å². The Morgan fingerprint density at radius 3 is 2.81 bits per heavy atom. The molecule has 4 aromatic rings. The van der Waals surface area contributed by atoms with Gasteiger partial charge in [-0.2, -0.15) is 0 Å². The minimum atomic E-state index is -0.813. The zero-order valence-electron chi connectivity index (χ0n) is 14.2. The molecule has 27 heavy (non-hydrogen) atoms. The second-order valence-electron chi connectivity index (χ2n) is 6.00. The van der Waals surface area contributed by atoms with Crippen LogP contribution < -0.4 is 11.1 Å². The molecule has 7 heteroatoms. The standard InChI is InChI=1S/C20H16FN5O/c21-16-6-3-5-13(18(16)19(22)27)15-10-17(26-20-14(15)7-9-24-20)25-11-12-4-1-2-8-23-12/h1-10H,11H2,(H2,22,27)(H2,24,25,26). The van der Waals surface area contributed by atoms with Gasteiger partial charge in [-0.1, -0.05) is 18.2 Å². The fourth-order valence-corrected chi connectivity index (χ4v) is 3.03.